The Kier molecular flexibility index (Phi) is 16.1. The Morgan fingerprint density at radius 3 is 1.12 bits per heavy atom. The third-order valence-corrected chi connectivity index (χ3v) is 0.671. The summed E-state index contributed by atoms with van der Waals surface area (Å²) in [5, 5.41) is 30.8. The second kappa shape index (κ2) is 13.6. The van der Waals surface area contributed by atoms with Crippen molar-refractivity contribution in [1.29, 1.82) is 0 Å². The first kappa shape index (κ1) is 20.1. The zero-order chi connectivity index (χ0) is 14.4. The number of hydrogen-bond donors (Lipinski definition) is 4. The minimum Gasteiger partial charge on any atom is -0.481 e. The first-order valence-corrected chi connectivity index (χ1v) is 4.18. The van der Waals surface area contributed by atoms with Crippen LogP contribution in [0.2, 0.25) is 0 Å². The van der Waals surface area contributed by atoms with E-state index in [2.05, 4.69) is 0 Å². The van der Waals surface area contributed by atoms with E-state index in [1.165, 1.54) is 0 Å². The Morgan fingerprint density at radius 1 is 0.882 bits per heavy atom. The Morgan fingerprint density at radius 2 is 1.06 bits per heavy atom. The van der Waals surface area contributed by atoms with Crippen LogP contribution in [0.15, 0.2) is 12.2 Å². The van der Waals surface area contributed by atoms with E-state index in [1.54, 1.807) is 6.92 Å². The largest absolute Gasteiger partial charge is 0.481 e. The number of rotatable bonds is 3. The molecule has 0 aromatic heterocycles. The van der Waals surface area contributed by atoms with Crippen molar-refractivity contribution in [3.8, 4) is 0 Å². The standard InChI is InChI=1S/C4H4O4.C3H6O2.C2H4O2/c5-3(6)1-2-4(7)8;1-2-3(4)5;1-2(3)4/h1-2H,(H,5,6)(H,7,8);2H2,1H3,(H,4,5);1H3,(H,3,4)/b2-1-;;. The average Bonchev–Trinajstić information content (AvgIpc) is 2.14. The zero-order valence-electron chi connectivity index (χ0n) is 9.28. The molecule has 0 aliphatic heterocycles. The lowest BCUT2D eigenvalue weighted by atomic mass is 10.5. The third kappa shape index (κ3) is 86.2. The van der Waals surface area contributed by atoms with Crippen LogP contribution in [0.5, 0.6) is 0 Å². The molecule has 0 atom stereocenters. The van der Waals surface area contributed by atoms with Gasteiger partial charge in [-0.05, 0) is 0 Å². The van der Waals surface area contributed by atoms with Gasteiger partial charge in [0.2, 0.25) is 0 Å². The molecule has 4 N–H and O–H groups in total. The van der Waals surface area contributed by atoms with Gasteiger partial charge in [0.05, 0.1) is 0 Å². The van der Waals surface area contributed by atoms with Crippen LogP contribution in [-0.4, -0.2) is 44.3 Å². The number of aliphatic carboxylic acids is 4. The minimum atomic E-state index is -1.26. The monoisotopic (exact) mass is 250 g/mol. The lowest BCUT2D eigenvalue weighted by Crippen LogP contribution is -1.91. The van der Waals surface area contributed by atoms with Gasteiger partial charge in [0.25, 0.3) is 5.97 Å². The Bertz CT molecular complexity index is 271. The van der Waals surface area contributed by atoms with Crippen molar-refractivity contribution in [3.05, 3.63) is 12.2 Å². The van der Waals surface area contributed by atoms with Gasteiger partial charge in [0.15, 0.2) is 0 Å². The molecule has 0 saturated carbocycles. The second-order valence-electron chi connectivity index (χ2n) is 2.28. The molecule has 0 saturated heterocycles. The summed E-state index contributed by atoms with van der Waals surface area (Å²) in [6.07, 6.45) is 1.34. The molecule has 0 bridgehead atoms. The Balaban J connectivity index is -0.000000188. The number of carboxylic acids is 4. The highest BCUT2D eigenvalue weighted by atomic mass is 16.4. The molecule has 0 heterocycles. The molecule has 0 spiro atoms. The quantitative estimate of drug-likeness (QED) is 0.522. The molecule has 0 aromatic carbocycles. The van der Waals surface area contributed by atoms with Gasteiger partial charge in [-0.25, -0.2) is 9.59 Å². The van der Waals surface area contributed by atoms with Crippen molar-refractivity contribution < 1.29 is 39.6 Å². The summed E-state index contributed by atoms with van der Waals surface area (Å²) in [4.78, 5) is 37.5. The van der Waals surface area contributed by atoms with Crippen LogP contribution in [0.4, 0.5) is 0 Å². The smallest absolute Gasteiger partial charge is 0.328 e. The maximum Gasteiger partial charge on any atom is 0.328 e. The number of hydrogen-bond acceptors (Lipinski definition) is 4. The third-order valence-electron chi connectivity index (χ3n) is 0.671. The van der Waals surface area contributed by atoms with Crippen LogP contribution in [0, 0.1) is 0 Å². The topological polar surface area (TPSA) is 149 Å². The molecule has 0 rings (SSSR count). The molecule has 0 aliphatic carbocycles. The molecule has 8 nitrogen and oxygen atoms in total. The van der Waals surface area contributed by atoms with E-state index in [-0.39, 0.29) is 6.42 Å². The van der Waals surface area contributed by atoms with Gasteiger partial charge in [0, 0.05) is 25.5 Å². The van der Waals surface area contributed by atoms with Gasteiger partial charge in [-0.2, -0.15) is 0 Å². The van der Waals surface area contributed by atoms with Crippen LogP contribution in [0.3, 0.4) is 0 Å². The van der Waals surface area contributed by atoms with Gasteiger partial charge >= 0.3 is 17.9 Å². The fourth-order valence-corrected chi connectivity index (χ4v) is 0.143. The first-order chi connectivity index (χ1) is 7.63. The fourth-order valence-electron chi connectivity index (χ4n) is 0.143. The van der Waals surface area contributed by atoms with Crippen molar-refractivity contribution in [2.45, 2.75) is 20.3 Å². The second-order valence-corrected chi connectivity index (χ2v) is 2.28. The van der Waals surface area contributed by atoms with Crippen LogP contribution in [-0.2, 0) is 19.2 Å². The summed E-state index contributed by atoms with van der Waals surface area (Å²) in [6.45, 7) is 2.68. The molecule has 98 valence electrons. The molecule has 0 fully saturated rings. The number of carbonyl (C=O) groups is 4. The van der Waals surface area contributed by atoms with Crippen LogP contribution in [0.25, 0.3) is 0 Å². The summed E-state index contributed by atoms with van der Waals surface area (Å²) < 4.78 is 0. The summed E-state index contributed by atoms with van der Waals surface area (Å²) in [5.74, 6) is -4.09. The highest BCUT2D eigenvalue weighted by Crippen LogP contribution is 1.70. The Hall–Kier alpha value is -2.38. The summed E-state index contributed by atoms with van der Waals surface area (Å²) in [6, 6.07) is 0. The minimum absolute atomic E-state index is 0.222. The van der Waals surface area contributed by atoms with E-state index in [4.69, 9.17) is 25.2 Å². The molecule has 0 amide bonds. The van der Waals surface area contributed by atoms with Gasteiger partial charge in [-0.15, -0.1) is 0 Å². The molecular weight excluding hydrogens is 236 g/mol. The normalized spacial score (nSPS) is 8.12. The van der Waals surface area contributed by atoms with Crippen molar-refractivity contribution in [1.82, 2.24) is 0 Å². The molecule has 0 radical (unpaired) electrons. The van der Waals surface area contributed by atoms with E-state index >= 15 is 0 Å². The van der Waals surface area contributed by atoms with E-state index in [0.717, 1.165) is 6.92 Å². The van der Waals surface area contributed by atoms with Crippen LogP contribution >= 0.6 is 0 Å². The van der Waals surface area contributed by atoms with Crippen molar-refractivity contribution >= 4 is 23.9 Å². The van der Waals surface area contributed by atoms with Crippen molar-refractivity contribution in [3.63, 3.8) is 0 Å². The molecular formula is C9H14O8. The van der Waals surface area contributed by atoms with Gasteiger partial charge in [-0.3, -0.25) is 9.59 Å². The average molecular weight is 250 g/mol. The van der Waals surface area contributed by atoms with Gasteiger partial charge in [-0.1, -0.05) is 6.92 Å². The van der Waals surface area contributed by atoms with E-state index in [9.17, 15) is 14.4 Å². The highest BCUT2D eigenvalue weighted by molar-refractivity contribution is 5.89. The summed E-state index contributed by atoms with van der Waals surface area (Å²) in [7, 11) is 0. The molecule has 0 aromatic rings. The molecule has 17 heavy (non-hydrogen) atoms. The van der Waals surface area contributed by atoms with Crippen LogP contribution in [0.1, 0.15) is 20.3 Å². The highest BCUT2D eigenvalue weighted by Gasteiger charge is 1.88. The molecule has 0 unspecified atom stereocenters. The van der Waals surface area contributed by atoms with Gasteiger partial charge < -0.3 is 20.4 Å². The zero-order valence-corrected chi connectivity index (χ0v) is 9.28. The first-order valence-electron chi connectivity index (χ1n) is 4.18. The summed E-state index contributed by atoms with van der Waals surface area (Å²) in [5.41, 5.74) is 0. The molecule has 0 aliphatic rings. The fraction of sp³-hybridized carbons (Fsp3) is 0.333. The lowest BCUT2D eigenvalue weighted by Gasteiger charge is -1.74. The van der Waals surface area contributed by atoms with Crippen LogP contribution < -0.4 is 0 Å². The molecule has 8 heteroatoms. The van der Waals surface area contributed by atoms with E-state index in [0.29, 0.717) is 12.2 Å². The predicted molar refractivity (Wildman–Crippen MR) is 55.6 cm³/mol. The predicted octanol–water partition coefficient (Wildman–Crippen LogP) is 0.284. The SMILES string of the molecule is CC(=O)O.CCC(=O)O.O=C(O)/C=C\C(=O)O. The van der Waals surface area contributed by atoms with E-state index in [1.807, 2.05) is 0 Å². The summed E-state index contributed by atoms with van der Waals surface area (Å²) >= 11 is 0. The maximum atomic E-state index is 9.55. The van der Waals surface area contributed by atoms with Crippen molar-refractivity contribution in [2.75, 3.05) is 0 Å². The Labute approximate surface area is 96.8 Å². The van der Waals surface area contributed by atoms with Gasteiger partial charge in [0.1, 0.15) is 0 Å². The maximum absolute atomic E-state index is 9.55. The van der Waals surface area contributed by atoms with Crippen molar-refractivity contribution in [2.24, 2.45) is 0 Å². The number of carboxylic acid groups (broad SMARTS) is 4. The lowest BCUT2D eigenvalue weighted by molar-refractivity contribution is -0.137. The van der Waals surface area contributed by atoms with E-state index < -0.39 is 23.9 Å².